The molecule has 5 heteroatoms. The molecule has 1 aliphatic rings. The monoisotopic (exact) mass is 305 g/mol. The first-order valence-corrected chi connectivity index (χ1v) is 7.44. The van der Waals surface area contributed by atoms with Crippen LogP contribution in [0.1, 0.15) is 11.1 Å². The molecule has 0 spiro atoms. The largest absolute Gasteiger partial charge is 0.369 e. The highest BCUT2D eigenvalue weighted by Crippen LogP contribution is 2.26. The molecular formula is C16H17ClFN3. The van der Waals surface area contributed by atoms with Crippen LogP contribution in [-0.2, 0) is 6.42 Å². The number of anilines is 1. The van der Waals surface area contributed by atoms with E-state index in [1.54, 1.807) is 6.07 Å². The van der Waals surface area contributed by atoms with Gasteiger partial charge in [0.1, 0.15) is 5.82 Å². The summed E-state index contributed by atoms with van der Waals surface area (Å²) in [6.45, 7) is 3.93. The van der Waals surface area contributed by atoms with Crippen LogP contribution >= 0.6 is 11.6 Å². The second-order valence-corrected chi connectivity index (χ2v) is 5.56. The van der Waals surface area contributed by atoms with Crippen LogP contribution in [0.3, 0.4) is 0 Å². The Morgan fingerprint density at radius 1 is 1.19 bits per heavy atom. The molecule has 110 valence electrons. The fraction of sp³-hybridized carbons (Fsp3) is 0.312. The summed E-state index contributed by atoms with van der Waals surface area (Å²) in [5.41, 5.74) is 3.22. The van der Waals surface area contributed by atoms with Gasteiger partial charge in [-0.05, 0) is 29.3 Å². The van der Waals surface area contributed by atoms with Crippen molar-refractivity contribution in [2.45, 2.75) is 6.42 Å². The van der Waals surface area contributed by atoms with Crippen molar-refractivity contribution in [2.75, 3.05) is 31.1 Å². The van der Waals surface area contributed by atoms with Gasteiger partial charge < -0.3 is 10.2 Å². The van der Waals surface area contributed by atoms with Crippen LogP contribution in [0.4, 0.5) is 10.1 Å². The Morgan fingerprint density at radius 3 is 2.76 bits per heavy atom. The Bertz CT molecular complexity index is 627. The zero-order valence-corrected chi connectivity index (χ0v) is 12.4. The lowest BCUT2D eigenvalue weighted by molar-refractivity contribution is 0.588. The van der Waals surface area contributed by atoms with Gasteiger partial charge in [0.05, 0.1) is 0 Å². The van der Waals surface area contributed by atoms with E-state index in [0.29, 0.717) is 11.4 Å². The molecule has 0 saturated carbocycles. The maximum atomic E-state index is 13.1. The zero-order chi connectivity index (χ0) is 14.7. The van der Waals surface area contributed by atoms with Gasteiger partial charge in [-0.15, -0.1) is 0 Å². The molecular weight excluding hydrogens is 289 g/mol. The molecule has 2 heterocycles. The van der Waals surface area contributed by atoms with Crippen LogP contribution in [0.15, 0.2) is 36.7 Å². The van der Waals surface area contributed by atoms with Crippen molar-refractivity contribution < 1.29 is 4.39 Å². The first-order chi connectivity index (χ1) is 10.2. The molecule has 0 atom stereocenters. The number of halogens is 2. The number of aromatic nitrogens is 1. The summed E-state index contributed by atoms with van der Waals surface area (Å²) >= 11 is 6.13. The summed E-state index contributed by atoms with van der Waals surface area (Å²) in [5, 5.41) is 3.81. The Balaban J connectivity index is 1.88. The maximum Gasteiger partial charge on any atom is 0.124 e. The molecule has 1 aliphatic heterocycles. The summed E-state index contributed by atoms with van der Waals surface area (Å²) in [6, 6.07) is 6.59. The molecule has 0 radical (unpaired) electrons. The average molecular weight is 306 g/mol. The number of rotatable bonds is 3. The number of benzene rings is 1. The van der Waals surface area contributed by atoms with Gasteiger partial charge in [0.2, 0.25) is 0 Å². The van der Waals surface area contributed by atoms with E-state index in [2.05, 4.69) is 15.2 Å². The van der Waals surface area contributed by atoms with E-state index in [4.69, 9.17) is 11.6 Å². The number of hydrogen-bond acceptors (Lipinski definition) is 3. The smallest absolute Gasteiger partial charge is 0.124 e. The number of piperazine rings is 1. The van der Waals surface area contributed by atoms with Crippen molar-refractivity contribution in [2.24, 2.45) is 0 Å². The highest BCUT2D eigenvalue weighted by molar-refractivity contribution is 6.31. The normalized spacial score (nSPS) is 15.2. The average Bonchev–Trinajstić information content (AvgIpc) is 2.51. The lowest BCUT2D eigenvalue weighted by Gasteiger charge is -2.31. The molecule has 0 amide bonds. The minimum absolute atomic E-state index is 0.308. The van der Waals surface area contributed by atoms with Crippen LogP contribution < -0.4 is 10.2 Å². The van der Waals surface area contributed by atoms with E-state index in [9.17, 15) is 4.39 Å². The first kappa shape index (κ1) is 14.3. The summed E-state index contributed by atoms with van der Waals surface area (Å²) in [6.07, 6.45) is 4.34. The van der Waals surface area contributed by atoms with Gasteiger partial charge in [-0.3, -0.25) is 4.98 Å². The van der Waals surface area contributed by atoms with E-state index < -0.39 is 0 Å². The van der Waals surface area contributed by atoms with Crippen molar-refractivity contribution in [3.05, 3.63) is 58.6 Å². The Labute approximate surface area is 128 Å². The summed E-state index contributed by atoms with van der Waals surface area (Å²) < 4.78 is 13.1. The third-order valence-electron chi connectivity index (χ3n) is 3.73. The Kier molecular flexibility index (Phi) is 4.36. The van der Waals surface area contributed by atoms with Gasteiger partial charge in [0.15, 0.2) is 0 Å². The van der Waals surface area contributed by atoms with Crippen LogP contribution in [0.5, 0.6) is 0 Å². The van der Waals surface area contributed by atoms with Gasteiger partial charge in [0, 0.05) is 55.7 Å². The van der Waals surface area contributed by atoms with E-state index >= 15 is 0 Å². The third-order valence-corrected chi connectivity index (χ3v) is 4.08. The van der Waals surface area contributed by atoms with Gasteiger partial charge in [-0.1, -0.05) is 17.7 Å². The van der Waals surface area contributed by atoms with E-state index in [0.717, 1.165) is 37.3 Å². The van der Waals surface area contributed by atoms with E-state index in [-0.39, 0.29) is 5.82 Å². The van der Waals surface area contributed by atoms with Crippen molar-refractivity contribution in [3.8, 4) is 0 Å². The molecule has 0 unspecified atom stereocenters. The predicted molar refractivity (Wildman–Crippen MR) is 83.5 cm³/mol. The molecule has 1 aromatic heterocycles. The third kappa shape index (κ3) is 3.34. The summed E-state index contributed by atoms with van der Waals surface area (Å²) in [4.78, 5) is 6.58. The molecule has 0 bridgehead atoms. The standard InChI is InChI=1S/C16H17ClFN3/c17-15-10-14(18)2-1-12(15)9-13-11-20-4-3-16(13)21-7-5-19-6-8-21/h1-4,10-11,19H,5-9H2. The van der Waals surface area contributed by atoms with Gasteiger partial charge in [-0.2, -0.15) is 0 Å². The van der Waals surface area contributed by atoms with Crippen LogP contribution in [-0.4, -0.2) is 31.2 Å². The second kappa shape index (κ2) is 6.41. The van der Waals surface area contributed by atoms with Crippen molar-refractivity contribution in [1.29, 1.82) is 0 Å². The van der Waals surface area contributed by atoms with Gasteiger partial charge in [-0.25, -0.2) is 4.39 Å². The first-order valence-electron chi connectivity index (χ1n) is 7.06. The molecule has 3 rings (SSSR count). The minimum atomic E-state index is -0.308. The molecule has 1 N–H and O–H groups in total. The van der Waals surface area contributed by atoms with Crippen LogP contribution in [0, 0.1) is 5.82 Å². The fourth-order valence-electron chi connectivity index (χ4n) is 2.64. The quantitative estimate of drug-likeness (QED) is 0.945. The number of hydrogen-bond donors (Lipinski definition) is 1. The SMILES string of the molecule is Fc1ccc(Cc2cnccc2N2CCNCC2)c(Cl)c1. The van der Waals surface area contributed by atoms with Gasteiger partial charge in [0.25, 0.3) is 0 Å². The lowest BCUT2D eigenvalue weighted by Crippen LogP contribution is -2.43. The molecule has 21 heavy (non-hydrogen) atoms. The minimum Gasteiger partial charge on any atom is -0.369 e. The molecule has 1 aromatic carbocycles. The van der Waals surface area contributed by atoms with Crippen LogP contribution in [0.25, 0.3) is 0 Å². The summed E-state index contributed by atoms with van der Waals surface area (Å²) in [7, 11) is 0. The topological polar surface area (TPSA) is 28.2 Å². The van der Waals surface area contributed by atoms with Crippen LogP contribution in [0.2, 0.25) is 5.02 Å². The number of nitrogens with one attached hydrogen (secondary N) is 1. The lowest BCUT2D eigenvalue weighted by atomic mass is 10.0. The highest BCUT2D eigenvalue weighted by Gasteiger charge is 2.15. The van der Waals surface area contributed by atoms with Crippen molar-refractivity contribution in [3.63, 3.8) is 0 Å². The molecule has 1 fully saturated rings. The Morgan fingerprint density at radius 2 is 2.00 bits per heavy atom. The predicted octanol–water partition coefficient (Wildman–Crippen LogP) is 2.87. The molecule has 2 aromatic rings. The fourth-order valence-corrected chi connectivity index (χ4v) is 2.87. The zero-order valence-electron chi connectivity index (χ0n) is 11.6. The Hall–Kier alpha value is -1.65. The maximum absolute atomic E-state index is 13.1. The second-order valence-electron chi connectivity index (χ2n) is 5.15. The number of pyridine rings is 1. The molecule has 1 saturated heterocycles. The molecule has 0 aliphatic carbocycles. The number of nitrogens with zero attached hydrogens (tertiary/aromatic N) is 2. The van der Waals surface area contributed by atoms with E-state index in [1.165, 1.54) is 17.8 Å². The van der Waals surface area contributed by atoms with Gasteiger partial charge >= 0.3 is 0 Å². The summed E-state index contributed by atoms with van der Waals surface area (Å²) in [5.74, 6) is -0.308. The van der Waals surface area contributed by atoms with Crippen molar-refractivity contribution >= 4 is 17.3 Å². The highest BCUT2D eigenvalue weighted by atomic mass is 35.5. The van der Waals surface area contributed by atoms with E-state index in [1.807, 2.05) is 18.5 Å². The van der Waals surface area contributed by atoms with Crippen molar-refractivity contribution in [1.82, 2.24) is 10.3 Å². The molecule has 3 nitrogen and oxygen atoms in total.